The molecule has 2 heterocycles. The SMILES string of the molecule is Oc1ccc(CCN2C[C@H]3CC(Oc4cccnc4)C[C@H]3C2)cc1. The Balaban J connectivity index is 1.25. The molecule has 1 saturated carbocycles. The third-order valence-electron chi connectivity index (χ3n) is 5.37. The predicted octanol–water partition coefficient (Wildman–Crippen LogP) is 3.12. The Morgan fingerprint density at radius 1 is 1.08 bits per heavy atom. The third-order valence-corrected chi connectivity index (χ3v) is 5.37. The van der Waals surface area contributed by atoms with Crippen molar-refractivity contribution >= 4 is 0 Å². The van der Waals surface area contributed by atoms with E-state index in [0.29, 0.717) is 11.9 Å². The molecule has 2 aliphatic rings. The first-order chi connectivity index (χ1) is 11.8. The number of fused-ring (bicyclic) bond motifs is 1. The van der Waals surface area contributed by atoms with Crippen LogP contribution < -0.4 is 4.74 Å². The summed E-state index contributed by atoms with van der Waals surface area (Å²) in [5.41, 5.74) is 1.29. The van der Waals surface area contributed by atoms with Crippen molar-refractivity contribution in [3.05, 3.63) is 54.4 Å². The lowest BCUT2D eigenvalue weighted by atomic mass is 10.0. The van der Waals surface area contributed by atoms with Crippen LogP contribution in [0.3, 0.4) is 0 Å². The summed E-state index contributed by atoms with van der Waals surface area (Å²) in [5, 5.41) is 9.35. The minimum atomic E-state index is 0.342. The third kappa shape index (κ3) is 3.54. The molecule has 4 nitrogen and oxygen atoms in total. The Kier molecular flexibility index (Phi) is 4.39. The van der Waals surface area contributed by atoms with Crippen molar-refractivity contribution in [1.82, 2.24) is 9.88 Å². The summed E-state index contributed by atoms with van der Waals surface area (Å²) in [6.45, 7) is 3.48. The molecule has 4 heteroatoms. The number of benzene rings is 1. The zero-order valence-corrected chi connectivity index (χ0v) is 13.8. The molecule has 4 rings (SSSR count). The molecule has 0 amide bonds. The van der Waals surface area contributed by atoms with Crippen LogP contribution in [-0.2, 0) is 6.42 Å². The van der Waals surface area contributed by atoms with Crippen LogP contribution in [0.2, 0.25) is 0 Å². The van der Waals surface area contributed by atoms with Gasteiger partial charge < -0.3 is 14.7 Å². The molecule has 0 bridgehead atoms. The van der Waals surface area contributed by atoms with Crippen LogP contribution in [0.15, 0.2) is 48.8 Å². The number of phenolic OH excluding ortho intramolecular Hbond substituents is 1. The standard InChI is InChI=1S/C20H24N2O2/c23-18-5-3-15(4-6-18)7-9-22-13-16-10-20(11-17(16)14-22)24-19-2-1-8-21-12-19/h1-6,8,12,16-17,20,23H,7,9-11,13-14H2/t16-,17+,20?. The van der Waals surface area contributed by atoms with Crippen LogP contribution in [0, 0.1) is 11.8 Å². The Morgan fingerprint density at radius 2 is 1.83 bits per heavy atom. The molecular formula is C20H24N2O2. The first-order valence-corrected chi connectivity index (χ1v) is 8.83. The summed E-state index contributed by atoms with van der Waals surface area (Å²) >= 11 is 0. The van der Waals surface area contributed by atoms with Gasteiger partial charge in [-0.05, 0) is 60.9 Å². The van der Waals surface area contributed by atoms with Crippen molar-refractivity contribution in [2.45, 2.75) is 25.4 Å². The van der Waals surface area contributed by atoms with Crippen molar-refractivity contribution in [1.29, 1.82) is 0 Å². The van der Waals surface area contributed by atoms with Gasteiger partial charge in [-0.1, -0.05) is 12.1 Å². The predicted molar refractivity (Wildman–Crippen MR) is 93.1 cm³/mol. The fourth-order valence-corrected chi connectivity index (χ4v) is 4.18. The number of pyridine rings is 1. The van der Waals surface area contributed by atoms with E-state index in [1.165, 1.54) is 18.7 Å². The van der Waals surface area contributed by atoms with Gasteiger partial charge in [0.2, 0.25) is 0 Å². The fourth-order valence-electron chi connectivity index (χ4n) is 4.18. The van der Waals surface area contributed by atoms with Crippen LogP contribution in [0.25, 0.3) is 0 Å². The topological polar surface area (TPSA) is 45.6 Å². The number of hydrogen-bond acceptors (Lipinski definition) is 4. The van der Waals surface area contributed by atoms with Crippen molar-refractivity contribution in [2.24, 2.45) is 11.8 Å². The van der Waals surface area contributed by atoms with Gasteiger partial charge in [-0.15, -0.1) is 0 Å². The van der Waals surface area contributed by atoms with Crippen molar-refractivity contribution in [2.75, 3.05) is 19.6 Å². The lowest BCUT2D eigenvalue weighted by Crippen LogP contribution is -2.26. The minimum Gasteiger partial charge on any atom is -0.508 e. The van der Waals surface area contributed by atoms with Crippen molar-refractivity contribution in [3.8, 4) is 11.5 Å². The number of nitrogens with zero attached hydrogens (tertiary/aromatic N) is 2. The molecule has 2 aromatic rings. The van der Waals surface area contributed by atoms with Gasteiger partial charge in [0.25, 0.3) is 0 Å². The molecule has 1 aliphatic heterocycles. The average molecular weight is 324 g/mol. The monoisotopic (exact) mass is 324 g/mol. The number of phenols is 1. The second-order valence-corrected chi connectivity index (χ2v) is 7.10. The molecule has 0 spiro atoms. The Morgan fingerprint density at radius 3 is 2.50 bits per heavy atom. The van der Waals surface area contributed by atoms with E-state index in [1.54, 1.807) is 24.5 Å². The smallest absolute Gasteiger partial charge is 0.137 e. The molecule has 126 valence electrons. The van der Waals surface area contributed by atoms with Gasteiger partial charge in [-0.3, -0.25) is 4.98 Å². The van der Waals surface area contributed by atoms with E-state index in [2.05, 4.69) is 9.88 Å². The Labute approximate surface area is 143 Å². The molecule has 3 atom stereocenters. The minimum absolute atomic E-state index is 0.342. The first kappa shape index (κ1) is 15.5. The summed E-state index contributed by atoms with van der Waals surface area (Å²) in [4.78, 5) is 6.71. The molecular weight excluding hydrogens is 300 g/mol. The van der Waals surface area contributed by atoms with Gasteiger partial charge in [-0.2, -0.15) is 0 Å². The number of aromatic hydroxyl groups is 1. The largest absolute Gasteiger partial charge is 0.508 e. The second-order valence-electron chi connectivity index (χ2n) is 7.10. The summed E-state index contributed by atoms with van der Waals surface area (Å²) in [6, 6.07) is 11.5. The number of hydrogen-bond donors (Lipinski definition) is 1. The molecule has 1 aromatic carbocycles. The van der Waals surface area contributed by atoms with E-state index in [9.17, 15) is 5.11 Å². The molecule has 0 radical (unpaired) electrons. The molecule has 24 heavy (non-hydrogen) atoms. The van der Waals surface area contributed by atoms with Gasteiger partial charge in [0, 0.05) is 25.8 Å². The number of rotatable bonds is 5. The summed E-state index contributed by atoms with van der Waals surface area (Å²) in [7, 11) is 0. The van der Waals surface area contributed by atoms with E-state index in [4.69, 9.17) is 4.74 Å². The van der Waals surface area contributed by atoms with E-state index >= 15 is 0 Å². The number of ether oxygens (including phenoxy) is 1. The quantitative estimate of drug-likeness (QED) is 0.918. The molecule has 1 N–H and O–H groups in total. The van der Waals surface area contributed by atoms with Crippen LogP contribution >= 0.6 is 0 Å². The van der Waals surface area contributed by atoms with Gasteiger partial charge in [0.05, 0.1) is 12.3 Å². The molecule has 2 fully saturated rings. The lowest BCUT2D eigenvalue weighted by Gasteiger charge is -2.19. The van der Waals surface area contributed by atoms with Crippen molar-refractivity contribution in [3.63, 3.8) is 0 Å². The number of likely N-dealkylation sites (tertiary alicyclic amines) is 1. The zero-order valence-electron chi connectivity index (χ0n) is 13.8. The maximum absolute atomic E-state index is 9.35. The summed E-state index contributed by atoms with van der Waals surface area (Å²) in [5.74, 6) is 2.78. The van der Waals surface area contributed by atoms with Crippen molar-refractivity contribution < 1.29 is 9.84 Å². The van der Waals surface area contributed by atoms with Crippen LogP contribution in [0.5, 0.6) is 11.5 Å². The number of aromatic nitrogens is 1. The molecule has 1 unspecified atom stereocenters. The van der Waals surface area contributed by atoms with Gasteiger partial charge in [-0.25, -0.2) is 0 Å². The summed E-state index contributed by atoms with van der Waals surface area (Å²) in [6.07, 6.45) is 7.31. The average Bonchev–Trinajstić information content (AvgIpc) is 3.13. The van der Waals surface area contributed by atoms with Crippen LogP contribution in [-0.4, -0.2) is 40.7 Å². The van der Waals surface area contributed by atoms with Gasteiger partial charge in [0.1, 0.15) is 11.5 Å². The van der Waals surface area contributed by atoms with E-state index in [1.807, 2.05) is 24.3 Å². The maximum atomic E-state index is 9.35. The van der Waals surface area contributed by atoms with E-state index in [-0.39, 0.29) is 0 Å². The fraction of sp³-hybridized carbons (Fsp3) is 0.450. The molecule has 1 saturated heterocycles. The molecule has 1 aromatic heterocycles. The second kappa shape index (κ2) is 6.81. The summed E-state index contributed by atoms with van der Waals surface area (Å²) < 4.78 is 6.08. The zero-order chi connectivity index (χ0) is 16.4. The van der Waals surface area contributed by atoms with Gasteiger partial charge >= 0.3 is 0 Å². The van der Waals surface area contributed by atoms with Crippen LogP contribution in [0.1, 0.15) is 18.4 Å². The lowest BCUT2D eigenvalue weighted by molar-refractivity contribution is 0.185. The normalized spacial score (nSPS) is 26.4. The molecule has 1 aliphatic carbocycles. The highest BCUT2D eigenvalue weighted by molar-refractivity contribution is 5.26. The van der Waals surface area contributed by atoms with Gasteiger partial charge in [0.15, 0.2) is 0 Å². The van der Waals surface area contributed by atoms with E-state index < -0.39 is 0 Å². The highest BCUT2D eigenvalue weighted by Gasteiger charge is 2.41. The van der Waals surface area contributed by atoms with E-state index in [0.717, 1.165) is 43.4 Å². The highest BCUT2D eigenvalue weighted by atomic mass is 16.5. The Bertz CT molecular complexity index is 645. The Hall–Kier alpha value is -2.07. The highest BCUT2D eigenvalue weighted by Crippen LogP contribution is 2.39. The first-order valence-electron chi connectivity index (χ1n) is 8.83. The maximum Gasteiger partial charge on any atom is 0.137 e. The van der Waals surface area contributed by atoms with Crippen LogP contribution in [0.4, 0.5) is 0 Å².